The molecule has 1 aliphatic rings. The lowest BCUT2D eigenvalue weighted by Crippen LogP contribution is -2.46. The van der Waals surface area contributed by atoms with E-state index in [-0.39, 0.29) is 0 Å². The van der Waals surface area contributed by atoms with Gasteiger partial charge in [0.15, 0.2) is 0 Å². The minimum Gasteiger partial charge on any atom is -0.492 e. The Balaban J connectivity index is 1.46. The van der Waals surface area contributed by atoms with Gasteiger partial charge < -0.3 is 15.0 Å². The van der Waals surface area contributed by atoms with Gasteiger partial charge in [0, 0.05) is 45.8 Å². The fraction of sp³-hybridized carbons (Fsp3) is 0.600. The van der Waals surface area contributed by atoms with Crippen molar-refractivity contribution in [3.63, 3.8) is 0 Å². The van der Waals surface area contributed by atoms with Gasteiger partial charge in [-0.3, -0.25) is 4.90 Å². The molecule has 106 valence electrons. The number of ether oxygens (including phenoxy) is 1. The van der Waals surface area contributed by atoms with E-state index in [0.29, 0.717) is 0 Å². The summed E-state index contributed by atoms with van der Waals surface area (Å²) in [5.41, 5.74) is 0. The van der Waals surface area contributed by atoms with Crippen LogP contribution in [-0.2, 0) is 0 Å². The normalized spacial score (nSPS) is 17.5. The van der Waals surface area contributed by atoms with Gasteiger partial charge in [0.05, 0.1) is 0 Å². The highest BCUT2D eigenvalue weighted by Gasteiger charge is 2.12. The maximum absolute atomic E-state index is 5.63. The Labute approximate surface area is 116 Å². The maximum Gasteiger partial charge on any atom is 0.119 e. The first kappa shape index (κ1) is 14.3. The molecule has 4 heteroatoms. The van der Waals surface area contributed by atoms with Crippen molar-refractivity contribution in [1.29, 1.82) is 0 Å². The summed E-state index contributed by atoms with van der Waals surface area (Å²) >= 11 is 0. The molecule has 0 bridgehead atoms. The summed E-state index contributed by atoms with van der Waals surface area (Å²) in [5, 5.41) is 3.43. The second-order valence-corrected chi connectivity index (χ2v) is 5.06. The van der Waals surface area contributed by atoms with Crippen LogP contribution < -0.4 is 10.1 Å². The van der Waals surface area contributed by atoms with E-state index in [1.165, 1.54) is 26.2 Å². The molecule has 1 aromatic carbocycles. The molecule has 19 heavy (non-hydrogen) atoms. The molecule has 0 radical (unpaired) electrons. The highest BCUT2D eigenvalue weighted by atomic mass is 16.5. The first-order chi connectivity index (χ1) is 9.34. The van der Waals surface area contributed by atoms with Gasteiger partial charge in [-0.25, -0.2) is 0 Å². The Bertz CT molecular complexity index is 337. The van der Waals surface area contributed by atoms with Crippen LogP contribution >= 0.6 is 0 Å². The lowest BCUT2D eigenvalue weighted by molar-refractivity contribution is 0.154. The molecule has 1 aromatic rings. The van der Waals surface area contributed by atoms with Crippen molar-refractivity contribution in [1.82, 2.24) is 15.1 Å². The van der Waals surface area contributed by atoms with Gasteiger partial charge in [-0.1, -0.05) is 18.2 Å². The van der Waals surface area contributed by atoms with Gasteiger partial charge in [0.25, 0.3) is 0 Å². The average molecular weight is 263 g/mol. The lowest BCUT2D eigenvalue weighted by Gasteiger charge is -2.32. The summed E-state index contributed by atoms with van der Waals surface area (Å²) in [6.07, 6.45) is 0. The molecule has 0 saturated carbocycles. The highest BCUT2D eigenvalue weighted by molar-refractivity contribution is 5.20. The summed E-state index contributed by atoms with van der Waals surface area (Å²) in [6.45, 7) is 8.59. The van der Waals surface area contributed by atoms with Crippen LogP contribution in [0.2, 0.25) is 0 Å². The standard InChI is InChI=1S/C15H25N3O/c1-17-10-12-18(13-11-17)9-7-16-8-14-19-15-5-3-2-4-6-15/h2-6,16H,7-14H2,1H3. The Morgan fingerprint density at radius 2 is 1.79 bits per heavy atom. The Morgan fingerprint density at radius 3 is 2.53 bits per heavy atom. The first-order valence-corrected chi connectivity index (χ1v) is 7.14. The fourth-order valence-electron chi connectivity index (χ4n) is 2.19. The van der Waals surface area contributed by atoms with Crippen LogP contribution in [0.15, 0.2) is 30.3 Å². The van der Waals surface area contributed by atoms with Crippen molar-refractivity contribution in [3.05, 3.63) is 30.3 Å². The van der Waals surface area contributed by atoms with Gasteiger partial charge >= 0.3 is 0 Å². The molecule has 0 aromatic heterocycles. The molecular formula is C15H25N3O. The maximum atomic E-state index is 5.63. The summed E-state index contributed by atoms with van der Waals surface area (Å²) in [7, 11) is 2.19. The molecule has 0 spiro atoms. The molecular weight excluding hydrogens is 238 g/mol. The molecule has 1 aliphatic heterocycles. The van der Waals surface area contributed by atoms with Gasteiger partial charge in [-0.15, -0.1) is 0 Å². The number of nitrogens with one attached hydrogen (secondary N) is 1. The van der Waals surface area contributed by atoms with Crippen molar-refractivity contribution in [2.45, 2.75) is 0 Å². The molecule has 0 unspecified atom stereocenters. The zero-order valence-electron chi connectivity index (χ0n) is 11.8. The van der Waals surface area contributed by atoms with Crippen molar-refractivity contribution in [2.75, 3.05) is 59.5 Å². The average Bonchev–Trinajstić information content (AvgIpc) is 2.46. The Hall–Kier alpha value is -1.10. The van der Waals surface area contributed by atoms with Gasteiger partial charge in [-0.2, -0.15) is 0 Å². The van der Waals surface area contributed by atoms with Gasteiger partial charge in [-0.05, 0) is 19.2 Å². The molecule has 1 N–H and O–H groups in total. The molecule has 2 rings (SSSR count). The Morgan fingerprint density at radius 1 is 1.05 bits per heavy atom. The number of piperazine rings is 1. The van der Waals surface area contributed by atoms with E-state index in [1.807, 2.05) is 30.3 Å². The molecule has 0 aliphatic carbocycles. The minimum absolute atomic E-state index is 0.729. The predicted octanol–water partition coefficient (Wildman–Crippen LogP) is 0.902. The van der Waals surface area contributed by atoms with Crippen molar-refractivity contribution >= 4 is 0 Å². The third-order valence-corrected chi connectivity index (χ3v) is 3.49. The van der Waals surface area contributed by atoms with Crippen molar-refractivity contribution in [3.8, 4) is 5.75 Å². The molecule has 1 fully saturated rings. The van der Waals surface area contributed by atoms with Crippen LogP contribution in [-0.4, -0.2) is 69.3 Å². The summed E-state index contributed by atoms with van der Waals surface area (Å²) in [4.78, 5) is 4.91. The minimum atomic E-state index is 0.729. The molecule has 1 heterocycles. The van der Waals surface area contributed by atoms with Crippen LogP contribution in [0, 0.1) is 0 Å². The number of hydrogen-bond acceptors (Lipinski definition) is 4. The Kier molecular flexibility index (Phi) is 6.14. The lowest BCUT2D eigenvalue weighted by atomic mass is 10.3. The van der Waals surface area contributed by atoms with Crippen LogP contribution in [0.3, 0.4) is 0 Å². The smallest absolute Gasteiger partial charge is 0.119 e. The number of nitrogens with zero attached hydrogens (tertiary/aromatic N) is 2. The number of hydrogen-bond donors (Lipinski definition) is 1. The quantitative estimate of drug-likeness (QED) is 0.740. The zero-order chi connectivity index (χ0) is 13.3. The highest BCUT2D eigenvalue weighted by Crippen LogP contribution is 2.07. The van der Waals surface area contributed by atoms with Crippen LogP contribution in [0.5, 0.6) is 5.75 Å². The topological polar surface area (TPSA) is 27.7 Å². The van der Waals surface area contributed by atoms with E-state index >= 15 is 0 Å². The third kappa shape index (κ3) is 5.59. The summed E-state index contributed by atoms with van der Waals surface area (Å²) < 4.78 is 5.63. The fourth-order valence-corrected chi connectivity index (χ4v) is 2.19. The van der Waals surface area contributed by atoms with E-state index in [4.69, 9.17) is 4.74 Å². The molecule has 0 atom stereocenters. The number of rotatable bonds is 7. The van der Waals surface area contributed by atoms with Gasteiger partial charge in [0.1, 0.15) is 12.4 Å². The molecule has 4 nitrogen and oxygen atoms in total. The van der Waals surface area contributed by atoms with Crippen LogP contribution in [0.1, 0.15) is 0 Å². The number of likely N-dealkylation sites (N-methyl/N-ethyl adjacent to an activating group) is 1. The molecule has 1 saturated heterocycles. The van der Waals surface area contributed by atoms with Crippen molar-refractivity contribution < 1.29 is 4.74 Å². The van der Waals surface area contributed by atoms with Crippen LogP contribution in [0.25, 0.3) is 0 Å². The van der Waals surface area contributed by atoms with Gasteiger partial charge in [0.2, 0.25) is 0 Å². The number of benzene rings is 1. The third-order valence-electron chi connectivity index (χ3n) is 3.49. The second kappa shape index (κ2) is 8.15. The van der Waals surface area contributed by atoms with E-state index in [9.17, 15) is 0 Å². The molecule has 0 amide bonds. The van der Waals surface area contributed by atoms with E-state index in [0.717, 1.165) is 32.0 Å². The van der Waals surface area contributed by atoms with E-state index in [1.54, 1.807) is 0 Å². The second-order valence-electron chi connectivity index (χ2n) is 5.06. The zero-order valence-corrected chi connectivity index (χ0v) is 11.8. The van der Waals surface area contributed by atoms with Crippen molar-refractivity contribution in [2.24, 2.45) is 0 Å². The SMILES string of the molecule is CN1CCN(CCNCCOc2ccccc2)CC1. The van der Waals surface area contributed by atoms with E-state index < -0.39 is 0 Å². The first-order valence-electron chi connectivity index (χ1n) is 7.14. The summed E-state index contributed by atoms with van der Waals surface area (Å²) in [6, 6.07) is 9.97. The number of para-hydroxylation sites is 1. The largest absolute Gasteiger partial charge is 0.492 e. The predicted molar refractivity (Wildman–Crippen MR) is 78.7 cm³/mol. The van der Waals surface area contributed by atoms with E-state index in [2.05, 4.69) is 22.2 Å². The monoisotopic (exact) mass is 263 g/mol. The van der Waals surface area contributed by atoms with Crippen LogP contribution in [0.4, 0.5) is 0 Å². The summed E-state index contributed by atoms with van der Waals surface area (Å²) in [5.74, 6) is 0.948.